The number of thioether (sulfide) groups is 2. The molecule has 12 unspecified atom stereocenters. The molecular formula is C47H84N2O7S4. The van der Waals surface area contributed by atoms with Crippen molar-refractivity contribution < 1.29 is 32.2 Å². The monoisotopic (exact) mass is 917 g/mol. The van der Waals surface area contributed by atoms with Gasteiger partial charge >= 0.3 is 6.16 Å². The predicted molar refractivity (Wildman–Crippen MR) is 255 cm³/mol. The molecule has 12 atom stereocenters. The number of carbonyl (C=O) groups excluding carboxylic acids is 3. The fourth-order valence-electron chi connectivity index (χ4n) is 10.9. The van der Waals surface area contributed by atoms with Gasteiger partial charge in [0.05, 0.1) is 0 Å². The Balaban J connectivity index is 1.51. The van der Waals surface area contributed by atoms with Gasteiger partial charge in [-0.25, -0.2) is 4.79 Å². The first-order valence-electron chi connectivity index (χ1n) is 24.1. The average Bonchev–Trinajstić information content (AvgIpc) is 3.92. The number of nitrogens with zero attached hydrogens (tertiary/aromatic N) is 2. The van der Waals surface area contributed by atoms with Gasteiger partial charge in [0.2, 0.25) is 11.8 Å². The number of carbonyl (C=O) groups is 3. The lowest BCUT2D eigenvalue weighted by Crippen LogP contribution is -2.45. The summed E-state index contributed by atoms with van der Waals surface area (Å²) in [5.74, 6) is 5.40. The van der Waals surface area contributed by atoms with Crippen LogP contribution in [0.2, 0.25) is 0 Å². The second-order valence-corrected chi connectivity index (χ2v) is 22.3. The summed E-state index contributed by atoms with van der Waals surface area (Å²) in [5.41, 5.74) is -0.752. The fraction of sp³-hybridized carbons (Fsp3) is 0.936. The van der Waals surface area contributed by atoms with E-state index in [9.17, 15) is 14.4 Å². The topological polar surface area (TPSA) is 94.6 Å². The van der Waals surface area contributed by atoms with E-state index in [1.54, 1.807) is 23.5 Å². The van der Waals surface area contributed by atoms with Crippen molar-refractivity contribution in [2.45, 2.75) is 194 Å². The molecule has 2 saturated carbocycles. The molecule has 0 radical (unpaired) electrons. The molecule has 2 saturated heterocycles. The highest BCUT2D eigenvalue weighted by Gasteiger charge is 2.44. The molecule has 0 N–H and O–H groups in total. The average molecular weight is 917 g/mol. The van der Waals surface area contributed by atoms with Gasteiger partial charge in [-0.1, -0.05) is 93.9 Å². The fourth-order valence-corrected chi connectivity index (χ4v) is 13.4. The molecule has 4 aliphatic rings. The maximum Gasteiger partial charge on any atom is 0.508 e. The van der Waals surface area contributed by atoms with Crippen LogP contribution in [0.4, 0.5) is 4.79 Å². The van der Waals surface area contributed by atoms with Crippen LogP contribution in [0, 0.1) is 59.2 Å². The van der Waals surface area contributed by atoms with Gasteiger partial charge in [-0.3, -0.25) is 18.0 Å². The molecule has 348 valence electrons. The summed E-state index contributed by atoms with van der Waals surface area (Å²) >= 11 is 11.5. The summed E-state index contributed by atoms with van der Waals surface area (Å²) in [6, 6.07) is 0. The normalized spacial score (nSPS) is 29.5. The molecule has 0 aromatic rings. The Bertz CT molecular complexity index is 1190. The first kappa shape index (κ1) is 52.2. The molecule has 2 aliphatic heterocycles. The molecule has 9 nitrogen and oxygen atoms in total. The smallest absolute Gasteiger partial charge is 0.431 e. The predicted octanol–water partition coefficient (Wildman–Crippen LogP) is 12.7. The molecule has 0 aromatic carbocycles. The second-order valence-electron chi connectivity index (χ2n) is 19.6. The van der Waals surface area contributed by atoms with E-state index >= 15 is 0 Å². The molecule has 4 rings (SSSR count). The number of hydrogen-bond acceptors (Lipinski definition) is 11. The molecule has 60 heavy (non-hydrogen) atoms. The Kier molecular flexibility index (Phi) is 23.6. The summed E-state index contributed by atoms with van der Waals surface area (Å²) in [7, 11) is 0. The van der Waals surface area contributed by atoms with Crippen molar-refractivity contribution in [3.8, 4) is 0 Å². The van der Waals surface area contributed by atoms with Crippen LogP contribution < -0.4 is 0 Å². The minimum Gasteiger partial charge on any atom is -0.431 e. The quantitative estimate of drug-likeness (QED) is 0.0425. The van der Waals surface area contributed by atoms with Crippen LogP contribution in [-0.2, 0) is 27.4 Å². The van der Waals surface area contributed by atoms with Gasteiger partial charge in [0.15, 0.2) is 11.1 Å². The second kappa shape index (κ2) is 27.1. The molecule has 2 amide bonds. The van der Waals surface area contributed by atoms with Crippen LogP contribution in [0.15, 0.2) is 0 Å². The van der Waals surface area contributed by atoms with Crippen molar-refractivity contribution >= 4 is 67.3 Å². The number of amides is 2. The molecule has 13 heteroatoms. The Morgan fingerprint density at radius 1 is 0.600 bits per heavy atom. The van der Waals surface area contributed by atoms with Crippen LogP contribution in [0.1, 0.15) is 171 Å². The van der Waals surface area contributed by atoms with Crippen molar-refractivity contribution in [3.63, 3.8) is 0 Å². The van der Waals surface area contributed by atoms with Crippen molar-refractivity contribution in [2.75, 3.05) is 24.6 Å². The van der Waals surface area contributed by atoms with Crippen LogP contribution >= 0.6 is 49.3 Å². The van der Waals surface area contributed by atoms with Crippen LogP contribution in [-0.4, -0.2) is 75.7 Å². The summed E-state index contributed by atoms with van der Waals surface area (Å²) in [4.78, 5) is 46.8. The molecule has 0 bridgehead atoms. The third-order valence-electron chi connectivity index (χ3n) is 15.0. The SMILES string of the molecule is CCCCCC(CCC(C(=O)N1CCSC1OS)C1CC(C(C)C)CCC1C)OC(=O)OC(CCCCC)CCC(C(=O)N1CCSC1OS)C1CC(C(C)C)CCC1C. The van der Waals surface area contributed by atoms with Gasteiger partial charge in [0, 0.05) is 36.4 Å². The van der Waals surface area contributed by atoms with Crippen LogP contribution in [0.25, 0.3) is 0 Å². The van der Waals surface area contributed by atoms with E-state index in [-0.39, 0.29) is 58.8 Å². The Morgan fingerprint density at radius 2 is 1.00 bits per heavy atom. The zero-order valence-electron chi connectivity index (χ0n) is 38.6. The third-order valence-corrected chi connectivity index (χ3v) is 17.8. The summed E-state index contributed by atoms with van der Waals surface area (Å²) in [6.07, 6.45) is 15.7. The van der Waals surface area contributed by atoms with Gasteiger partial charge in [-0.2, -0.15) is 0 Å². The minimum absolute atomic E-state index is 0.155. The number of unbranched alkanes of at least 4 members (excludes halogenated alkanes) is 4. The van der Waals surface area contributed by atoms with E-state index in [0.29, 0.717) is 74.3 Å². The zero-order chi connectivity index (χ0) is 43.8. The Labute approximate surface area is 385 Å². The van der Waals surface area contributed by atoms with Gasteiger partial charge in [0.25, 0.3) is 0 Å². The van der Waals surface area contributed by atoms with E-state index < -0.39 is 6.16 Å². The lowest BCUT2D eigenvalue weighted by molar-refractivity contribution is -0.143. The Hall–Kier alpha value is -0.470. The zero-order valence-corrected chi connectivity index (χ0v) is 42.0. The lowest BCUT2D eigenvalue weighted by atomic mass is 9.65. The summed E-state index contributed by atoms with van der Waals surface area (Å²) in [5, 5.41) is 0. The highest BCUT2D eigenvalue weighted by atomic mass is 32.2. The molecule has 0 aromatic heterocycles. The van der Waals surface area contributed by atoms with E-state index in [0.717, 1.165) is 88.6 Å². The van der Waals surface area contributed by atoms with Crippen molar-refractivity contribution in [3.05, 3.63) is 0 Å². The third kappa shape index (κ3) is 15.3. The minimum atomic E-state index is -0.612. The highest BCUT2D eigenvalue weighted by Crippen LogP contribution is 2.46. The van der Waals surface area contributed by atoms with E-state index in [1.165, 1.54) is 12.8 Å². The molecule has 0 spiro atoms. The molecule has 2 aliphatic carbocycles. The maximum absolute atomic E-state index is 14.5. The molecule has 2 heterocycles. The van der Waals surface area contributed by atoms with Crippen LogP contribution in [0.3, 0.4) is 0 Å². The first-order chi connectivity index (χ1) is 28.8. The maximum atomic E-state index is 14.5. The van der Waals surface area contributed by atoms with E-state index in [4.69, 9.17) is 17.8 Å². The van der Waals surface area contributed by atoms with E-state index in [1.807, 2.05) is 9.80 Å². The van der Waals surface area contributed by atoms with Crippen molar-refractivity contribution in [1.82, 2.24) is 9.80 Å². The van der Waals surface area contributed by atoms with Crippen molar-refractivity contribution in [1.29, 1.82) is 0 Å². The highest BCUT2D eigenvalue weighted by molar-refractivity contribution is 8.00. The first-order valence-corrected chi connectivity index (χ1v) is 27.0. The van der Waals surface area contributed by atoms with Gasteiger partial charge in [0.1, 0.15) is 12.2 Å². The van der Waals surface area contributed by atoms with Gasteiger partial charge < -0.3 is 19.3 Å². The number of thiol groups is 2. The number of hydrogen-bond donors (Lipinski definition) is 2. The molecule has 4 fully saturated rings. The van der Waals surface area contributed by atoms with E-state index in [2.05, 4.69) is 81.2 Å². The standard InChI is InChI=1S/C47H84N2O7S4/c1-9-11-13-15-37(21-23-39(43(50)48-25-27-59-45(48)55-57)41-29-35(31(3)4)19-17-33(41)7)53-47(52)54-38(16-14-12-10-2)22-24-40(44(51)49-26-28-60-46(49)56-58)42-30-36(32(5)6)20-18-34(42)8/h31-42,45-46,57-58H,9-30H2,1-8H3. The number of rotatable bonds is 24. The lowest BCUT2D eigenvalue weighted by Gasteiger charge is -2.41. The molecular weight excluding hydrogens is 833 g/mol. The van der Waals surface area contributed by atoms with Crippen LogP contribution in [0.5, 0.6) is 0 Å². The van der Waals surface area contributed by atoms with Gasteiger partial charge in [-0.05, 0) is 150 Å². The Morgan fingerprint density at radius 3 is 1.35 bits per heavy atom. The summed E-state index contributed by atoms with van der Waals surface area (Å²) in [6.45, 7) is 19.6. The van der Waals surface area contributed by atoms with Gasteiger partial charge in [-0.15, -0.1) is 23.5 Å². The largest absolute Gasteiger partial charge is 0.508 e. The number of ether oxygens (including phenoxy) is 2. The summed E-state index contributed by atoms with van der Waals surface area (Å²) < 4.78 is 23.6. The van der Waals surface area contributed by atoms with Crippen molar-refractivity contribution in [2.24, 2.45) is 59.2 Å².